The summed E-state index contributed by atoms with van der Waals surface area (Å²) in [6.45, 7) is 13.9. The van der Waals surface area contributed by atoms with Crippen molar-refractivity contribution in [1.82, 2.24) is 0 Å². The highest BCUT2D eigenvalue weighted by molar-refractivity contribution is 6.11. The van der Waals surface area contributed by atoms with Gasteiger partial charge in [0.1, 0.15) is 11.2 Å². The average Bonchev–Trinajstić information content (AvgIpc) is 3.72. The van der Waals surface area contributed by atoms with Gasteiger partial charge < -0.3 is 9.32 Å². The van der Waals surface area contributed by atoms with Crippen LogP contribution in [0.25, 0.3) is 88.0 Å². The van der Waals surface area contributed by atoms with E-state index in [-0.39, 0.29) is 10.8 Å². The van der Waals surface area contributed by atoms with Gasteiger partial charge in [0.05, 0.1) is 5.69 Å². The van der Waals surface area contributed by atoms with E-state index in [2.05, 4.69) is 253 Å². The van der Waals surface area contributed by atoms with Crippen LogP contribution in [0.5, 0.6) is 0 Å². The van der Waals surface area contributed by atoms with Crippen molar-refractivity contribution in [1.29, 1.82) is 0 Å². The number of furan rings is 1. The molecule has 0 aliphatic heterocycles. The van der Waals surface area contributed by atoms with Gasteiger partial charge in [-0.15, -0.1) is 0 Å². The Balaban J connectivity index is 1.15. The Hall–Kier alpha value is -7.68. The normalized spacial score (nSPS) is 12.1. The number of benzene rings is 10. The van der Waals surface area contributed by atoms with Crippen LogP contribution in [0.4, 0.5) is 17.1 Å². The lowest BCUT2D eigenvalue weighted by atomic mass is 9.78. The Kier molecular flexibility index (Phi) is 10.0. The van der Waals surface area contributed by atoms with E-state index in [4.69, 9.17) is 4.42 Å². The maximum absolute atomic E-state index is 6.61. The Morgan fingerprint density at radius 1 is 0.348 bits per heavy atom. The monoisotopic (exact) mass is 851 g/mol. The fraction of sp³-hybridized carbons (Fsp3) is 0.125. The molecule has 2 heteroatoms. The first kappa shape index (κ1) is 41.1. The van der Waals surface area contributed by atoms with Crippen LogP contribution in [0, 0.1) is 0 Å². The highest BCUT2D eigenvalue weighted by atomic mass is 16.3. The number of rotatable bonds is 7. The second-order valence-electron chi connectivity index (χ2n) is 19.8. The second kappa shape index (κ2) is 16.1. The van der Waals surface area contributed by atoms with Crippen molar-refractivity contribution in [2.75, 3.05) is 4.90 Å². The predicted molar refractivity (Wildman–Crippen MR) is 283 cm³/mol. The van der Waals surface area contributed by atoms with E-state index in [9.17, 15) is 0 Å². The standard InChI is InChI=1S/C64H53NO/c1-63(2,3)47-37-46(38-48(41-47)64(4,5)6)53-31-16-21-43-22-17-33-57(61(43)53)55-28-9-11-35-59(55)65(49-25-13-23-44(39-49)52-30-15-20-42-19-7-8-27-51(42)52)50-26-14-24-45(40-50)54-32-18-34-58-56-29-10-12-36-60(56)66-62(54)58/h7-41H,1-6H3. The van der Waals surface area contributed by atoms with Crippen LogP contribution in [0.3, 0.4) is 0 Å². The van der Waals surface area contributed by atoms with Gasteiger partial charge in [-0.2, -0.15) is 0 Å². The van der Waals surface area contributed by atoms with Crippen LogP contribution in [0.1, 0.15) is 52.7 Å². The molecule has 0 spiro atoms. The van der Waals surface area contributed by atoms with Crippen molar-refractivity contribution in [3.05, 3.63) is 223 Å². The molecule has 2 nitrogen and oxygen atoms in total. The minimum atomic E-state index is -0.0123. The van der Waals surface area contributed by atoms with E-state index in [1.54, 1.807) is 0 Å². The van der Waals surface area contributed by atoms with E-state index >= 15 is 0 Å². The smallest absolute Gasteiger partial charge is 0.143 e. The van der Waals surface area contributed by atoms with E-state index in [0.717, 1.165) is 61.3 Å². The van der Waals surface area contributed by atoms with Crippen LogP contribution < -0.4 is 4.90 Å². The zero-order valence-corrected chi connectivity index (χ0v) is 38.6. The third-order valence-corrected chi connectivity index (χ3v) is 13.3. The molecule has 0 unspecified atom stereocenters. The molecule has 1 aromatic heterocycles. The fourth-order valence-electron chi connectivity index (χ4n) is 9.86. The fourth-order valence-corrected chi connectivity index (χ4v) is 9.86. The summed E-state index contributed by atoms with van der Waals surface area (Å²) < 4.78 is 6.61. The summed E-state index contributed by atoms with van der Waals surface area (Å²) in [7, 11) is 0. The summed E-state index contributed by atoms with van der Waals surface area (Å²) in [6, 6.07) is 77.9. The topological polar surface area (TPSA) is 16.4 Å². The van der Waals surface area contributed by atoms with Gasteiger partial charge in [-0.05, 0) is 113 Å². The van der Waals surface area contributed by atoms with Crippen molar-refractivity contribution in [3.8, 4) is 44.5 Å². The summed E-state index contributed by atoms with van der Waals surface area (Å²) >= 11 is 0. The van der Waals surface area contributed by atoms with Gasteiger partial charge in [0.2, 0.25) is 0 Å². The molecular formula is C64H53NO. The third-order valence-electron chi connectivity index (χ3n) is 13.3. The summed E-state index contributed by atoms with van der Waals surface area (Å²) in [5, 5.41) is 7.16. The van der Waals surface area contributed by atoms with Gasteiger partial charge in [-0.3, -0.25) is 0 Å². The second-order valence-corrected chi connectivity index (χ2v) is 19.8. The van der Waals surface area contributed by atoms with E-state index in [0.29, 0.717) is 0 Å². The number of hydrogen-bond acceptors (Lipinski definition) is 2. The molecule has 1 heterocycles. The van der Waals surface area contributed by atoms with Crippen LogP contribution in [-0.2, 0) is 10.8 Å². The van der Waals surface area contributed by atoms with Crippen LogP contribution in [-0.4, -0.2) is 0 Å². The SMILES string of the molecule is CC(C)(C)c1cc(-c2cccc3cccc(-c4ccccc4N(c4cccc(-c5cccc6ccccc56)c4)c4cccc(-c5cccc6c5oc5ccccc56)c4)c23)cc(C(C)(C)C)c1. The molecule has 11 aromatic rings. The Bertz CT molecular complexity index is 3590. The van der Waals surface area contributed by atoms with Crippen molar-refractivity contribution in [3.63, 3.8) is 0 Å². The van der Waals surface area contributed by atoms with E-state index < -0.39 is 0 Å². The van der Waals surface area contributed by atoms with Crippen LogP contribution in [0.2, 0.25) is 0 Å². The molecule has 10 aromatic carbocycles. The molecular weight excluding hydrogens is 799 g/mol. The van der Waals surface area contributed by atoms with E-state index in [1.807, 2.05) is 6.07 Å². The highest BCUT2D eigenvalue weighted by Crippen LogP contribution is 2.47. The van der Waals surface area contributed by atoms with Crippen molar-refractivity contribution < 1.29 is 4.42 Å². The van der Waals surface area contributed by atoms with Gasteiger partial charge in [-0.1, -0.05) is 217 Å². The largest absolute Gasteiger partial charge is 0.455 e. The van der Waals surface area contributed by atoms with Gasteiger partial charge in [0, 0.05) is 33.3 Å². The zero-order valence-electron chi connectivity index (χ0n) is 38.6. The van der Waals surface area contributed by atoms with Gasteiger partial charge in [-0.25, -0.2) is 0 Å². The first-order chi connectivity index (χ1) is 32.0. The molecule has 0 radical (unpaired) electrons. The summed E-state index contributed by atoms with van der Waals surface area (Å²) in [4.78, 5) is 2.45. The molecule has 320 valence electrons. The maximum Gasteiger partial charge on any atom is 0.143 e. The summed E-state index contributed by atoms with van der Waals surface area (Å²) in [5.41, 5.74) is 17.0. The zero-order chi connectivity index (χ0) is 45.2. The third kappa shape index (κ3) is 7.33. The molecule has 0 saturated carbocycles. The molecule has 0 N–H and O–H groups in total. The molecule has 0 aliphatic carbocycles. The quantitative estimate of drug-likeness (QED) is 0.159. The minimum absolute atomic E-state index is 0.0123. The van der Waals surface area contributed by atoms with Crippen molar-refractivity contribution in [2.24, 2.45) is 0 Å². The molecule has 0 fully saturated rings. The van der Waals surface area contributed by atoms with Crippen molar-refractivity contribution in [2.45, 2.75) is 52.4 Å². The maximum atomic E-state index is 6.61. The highest BCUT2D eigenvalue weighted by Gasteiger charge is 2.24. The van der Waals surface area contributed by atoms with Gasteiger partial charge in [0.15, 0.2) is 0 Å². The average molecular weight is 852 g/mol. The predicted octanol–water partition coefficient (Wildman–Crippen LogP) is 18.6. The number of fused-ring (bicyclic) bond motifs is 5. The van der Waals surface area contributed by atoms with Gasteiger partial charge >= 0.3 is 0 Å². The lowest BCUT2D eigenvalue weighted by Crippen LogP contribution is -2.16. The summed E-state index contributed by atoms with van der Waals surface area (Å²) in [5.74, 6) is 0. The minimum Gasteiger partial charge on any atom is -0.455 e. The van der Waals surface area contributed by atoms with Crippen molar-refractivity contribution >= 4 is 60.5 Å². The number of para-hydroxylation sites is 3. The summed E-state index contributed by atoms with van der Waals surface area (Å²) in [6.07, 6.45) is 0. The Morgan fingerprint density at radius 3 is 1.56 bits per heavy atom. The number of anilines is 3. The molecule has 0 saturated heterocycles. The van der Waals surface area contributed by atoms with E-state index in [1.165, 1.54) is 54.9 Å². The Morgan fingerprint density at radius 2 is 0.848 bits per heavy atom. The molecule has 11 rings (SSSR count). The van der Waals surface area contributed by atoms with Gasteiger partial charge in [0.25, 0.3) is 0 Å². The molecule has 0 amide bonds. The molecule has 66 heavy (non-hydrogen) atoms. The molecule has 0 bridgehead atoms. The first-order valence-corrected chi connectivity index (χ1v) is 23.2. The van der Waals surface area contributed by atoms with Crippen LogP contribution in [0.15, 0.2) is 217 Å². The first-order valence-electron chi connectivity index (χ1n) is 23.2. The molecule has 0 aliphatic rings. The lowest BCUT2D eigenvalue weighted by molar-refractivity contribution is 0.569. The molecule has 0 atom stereocenters. The Labute approximate surface area is 388 Å². The lowest BCUT2D eigenvalue weighted by Gasteiger charge is -2.29. The van der Waals surface area contributed by atoms with Crippen LogP contribution >= 0.6 is 0 Å². The number of nitrogens with zero attached hydrogens (tertiary/aromatic N) is 1. The number of hydrogen-bond donors (Lipinski definition) is 0.